The van der Waals surface area contributed by atoms with Gasteiger partial charge in [-0.2, -0.15) is 10.5 Å². The predicted molar refractivity (Wildman–Crippen MR) is 264 cm³/mol. The highest BCUT2D eigenvalue weighted by Crippen LogP contribution is 2.30. The summed E-state index contributed by atoms with van der Waals surface area (Å²) in [4.78, 5) is 48.5. The first-order chi connectivity index (χ1) is 33.9. The zero-order valence-corrected chi connectivity index (χ0v) is 38.7. The van der Waals surface area contributed by atoms with Crippen molar-refractivity contribution in [2.75, 3.05) is 59.0 Å². The normalized spacial score (nSPS) is 14.2. The van der Waals surface area contributed by atoms with Gasteiger partial charge in [-0.05, 0) is 71.3 Å². The number of pyridine rings is 1. The molecule has 5 aromatic carbocycles. The van der Waals surface area contributed by atoms with Crippen molar-refractivity contribution in [2.45, 2.75) is 33.1 Å². The van der Waals surface area contributed by atoms with Crippen LogP contribution in [0.1, 0.15) is 61.3 Å². The lowest BCUT2D eigenvalue weighted by Crippen LogP contribution is -2.48. The molecule has 2 amide bonds. The van der Waals surface area contributed by atoms with Crippen molar-refractivity contribution in [1.29, 1.82) is 10.5 Å². The van der Waals surface area contributed by atoms with Crippen molar-refractivity contribution in [2.24, 2.45) is 0 Å². The van der Waals surface area contributed by atoms with Gasteiger partial charge in [-0.15, -0.1) is 0 Å². The first kappa shape index (κ1) is 46.0. The van der Waals surface area contributed by atoms with Crippen LogP contribution in [0.4, 0.5) is 0 Å². The number of fused-ring (bicyclic) bond motifs is 2. The van der Waals surface area contributed by atoms with Crippen LogP contribution in [-0.2, 0) is 26.2 Å². The molecule has 0 bridgehead atoms. The highest BCUT2D eigenvalue weighted by atomic mass is 16.5. The van der Waals surface area contributed by atoms with Gasteiger partial charge in [-0.3, -0.25) is 24.4 Å². The number of nitriles is 2. The number of piperazine rings is 2. The zero-order chi connectivity index (χ0) is 47.5. The summed E-state index contributed by atoms with van der Waals surface area (Å²) >= 11 is 0. The first-order valence-electron chi connectivity index (χ1n) is 23.3. The predicted octanol–water partition coefficient (Wildman–Crippen LogP) is 7.62. The second kappa shape index (κ2) is 21.6. The molecular formula is C55H53N11O3. The number of carbonyl (C=O) groups excluding carboxylic acids is 2. The minimum atomic E-state index is 0.0285. The molecule has 8 aromatic rings. The summed E-state index contributed by atoms with van der Waals surface area (Å²) in [6, 6.07) is 41.1. The molecule has 0 N–H and O–H groups in total. The van der Waals surface area contributed by atoms with Crippen molar-refractivity contribution < 1.29 is 14.3 Å². The molecule has 5 heterocycles. The van der Waals surface area contributed by atoms with E-state index in [0.717, 1.165) is 83.5 Å². The molecular weight excluding hydrogens is 863 g/mol. The molecule has 3 aromatic heterocycles. The van der Waals surface area contributed by atoms with Crippen LogP contribution in [-0.4, -0.2) is 114 Å². The summed E-state index contributed by atoms with van der Waals surface area (Å²) < 4.78 is 10.1. The zero-order valence-electron chi connectivity index (χ0n) is 38.7. The number of para-hydroxylation sites is 1. The van der Waals surface area contributed by atoms with Crippen molar-refractivity contribution in [3.05, 3.63) is 191 Å². The number of ether oxygens (including phenoxy) is 1. The molecule has 2 saturated heterocycles. The van der Waals surface area contributed by atoms with E-state index in [0.29, 0.717) is 73.9 Å². The van der Waals surface area contributed by atoms with E-state index in [-0.39, 0.29) is 11.8 Å². The average Bonchev–Trinajstić information content (AvgIpc) is 4.04. The lowest BCUT2D eigenvalue weighted by molar-refractivity contribution is 0.0618. The fourth-order valence-electron chi connectivity index (χ4n) is 9.04. The second-order valence-electron chi connectivity index (χ2n) is 17.3. The number of amides is 2. The van der Waals surface area contributed by atoms with E-state index < -0.39 is 0 Å². The topological polar surface area (TPSA) is 152 Å². The molecule has 2 aliphatic rings. The molecule has 2 fully saturated rings. The Hall–Kier alpha value is -8.17. The number of benzene rings is 5. The van der Waals surface area contributed by atoms with Crippen LogP contribution in [0, 0.1) is 22.7 Å². The minimum absolute atomic E-state index is 0.0285. The van der Waals surface area contributed by atoms with E-state index in [1.54, 1.807) is 6.20 Å². The van der Waals surface area contributed by atoms with E-state index in [4.69, 9.17) is 15.3 Å². The average molecular weight is 916 g/mol. The molecule has 0 radical (unpaired) electrons. The Kier molecular flexibility index (Phi) is 14.4. The number of nitrogens with zero attached hydrogens (tertiary/aromatic N) is 11. The summed E-state index contributed by atoms with van der Waals surface area (Å²) in [5, 5.41) is 20.9. The van der Waals surface area contributed by atoms with E-state index >= 15 is 0 Å². The van der Waals surface area contributed by atoms with Gasteiger partial charge in [0, 0.05) is 103 Å². The molecule has 2 aliphatic heterocycles. The van der Waals surface area contributed by atoms with E-state index in [2.05, 4.69) is 46.0 Å². The fourth-order valence-corrected chi connectivity index (χ4v) is 9.04. The van der Waals surface area contributed by atoms with E-state index in [1.165, 1.54) is 0 Å². The van der Waals surface area contributed by atoms with Crippen LogP contribution < -0.4 is 4.74 Å². The Bertz CT molecular complexity index is 3130. The van der Waals surface area contributed by atoms with Gasteiger partial charge in [-0.25, -0.2) is 9.97 Å². The molecule has 10 rings (SSSR count). The van der Waals surface area contributed by atoms with Crippen LogP contribution in [0.3, 0.4) is 0 Å². The number of hydrogen-bond acceptors (Lipinski definition) is 10. The molecule has 346 valence electrons. The Balaban J connectivity index is 0.000000172. The van der Waals surface area contributed by atoms with Crippen molar-refractivity contribution in [1.82, 2.24) is 43.7 Å². The standard InChI is InChI=1S/C29H29N5O2.C26H24N6O/c1-2-36-27-12-11-24-5-3-4-6-26(24)28(27)29(35)33-15-13-32(14-16-33)20-25-18-31-21-34(25)19-23-9-7-22(17-30)8-10-23;27-15-20-6-8-21(9-7-20)17-32-19-28-16-23(32)18-30-11-13-31(14-12-30)26(33)24-5-1-3-22-4-2-10-29-25(22)24/h3-12,18,21H,2,13-16,19-20H2,1H3;1-10,16,19H,11-14,17-18H2. The van der Waals surface area contributed by atoms with Gasteiger partial charge in [0.05, 0.1) is 70.6 Å². The SMILES string of the molecule is CCOc1ccc2ccccc2c1C(=O)N1CCN(Cc2cncn2Cc2ccc(C#N)cc2)CC1.N#Cc1ccc(Cn2cncc2CN2CCN(C(=O)c3cccc4cccnc34)CC2)cc1. The van der Waals surface area contributed by atoms with Crippen molar-refractivity contribution in [3.8, 4) is 17.9 Å². The summed E-state index contributed by atoms with van der Waals surface area (Å²) in [5.74, 6) is 0.723. The van der Waals surface area contributed by atoms with Gasteiger partial charge in [0.1, 0.15) is 5.75 Å². The van der Waals surface area contributed by atoms with Crippen LogP contribution in [0.2, 0.25) is 0 Å². The molecule has 14 heteroatoms. The third-order valence-corrected chi connectivity index (χ3v) is 12.8. The van der Waals surface area contributed by atoms with Crippen LogP contribution in [0.15, 0.2) is 147 Å². The fraction of sp³-hybridized carbons (Fsp3) is 0.255. The van der Waals surface area contributed by atoms with Gasteiger partial charge in [0.2, 0.25) is 0 Å². The highest BCUT2D eigenvalue weighted by molar-refractivity contribution is 6.09. The third-order valence-electron chi connectivity index (χ3n) is 12.8. The number of hydrogen-bond donors (Lipinski definition) is 0. The first-order valence-corrected chi connectivity index (χ1v) is 23.3. The molecule has 0 unspecified atom stereocenters. The minimum Gasteiger partial charge on any atom is -0.493 e. The van der Waals surface area contributed by atoms with Crippen LogP contribution in [0.25, 0.3) is 21.7 Å². The Morgan fingerprint density at radius 3 is 1.68 bits per heavy atom. The van der Waals surface area contributed by atoms with Gasteiger partial charge in [-0.1, -0.05) is 72.8 Å². The molecule has 0 spiro atoms. The lowest BCUT2D eigenvalue weighted by Gasteiger charge is -2.35. The lowest BCUT2D eigenvalue weighted by atomic mass is 10.0. The largest absolute Gasteiger partial charge is 0.493 e. The number of aromatic nitrogens is 5. The quantitative estimate of drug-likeness (QED) is 0.120. The summed E-state index contributed by atoms with van der Waals surface area (Å²) in [7, 11) is 0. The van der Waals surface area contributed by atoms with Crippen LogP contribution >= 0.6 is 0 Å². The van der Waals surface area contributed by atoms with E-state index in [1.807, 2.05) is 157 Å². The smallest absolute Gasteiger partial charge is 0.258 e. The molecule has 0 atom stereocenters. The maximum Gasteiger partial charge on any atom is 0.258 e. The Morgan fingerprint density at radius 2 is 1.12 bits per heavy atom. The van der Waals surface area contributed by atoms with Crippen molar-refractivity contribution >= 4 is 33.5 Å². The van der Waals surface area contributed by atoms with E-state index in [9.17, 15) is 9.59 Å². The van der Waals surface area contributed by atoms with Gasteiger partial charge < -0.3 is 23.7 Å². The Labute approximate surface area is 401 Å². The summed E-state index contributed by atoms with van der Waals surface area (Å²) in [6.07, 6.45) is 9.25. The van der Waals surface area contributed by atoms with Crippen LogP contribution in [0.5, 0.6) is 5.75 Å². The molecule has 14 nitrogen and oxygen atoms in total. The summed E-state index contributed by atoms with van der Waals surface area (Å²) in [5.41, 5.74) is 7.94. The van der Waals surface area contributed by atoms with Gasteiger partial charge in [0.15, 0.2) is 0 Å². The maximum atomic E-state index is 13.6. The molecule has 0 aliphatic carbocycles. The number of imidazole rings is 2. The number of rotatable bonds is 12. The Morgan fingerprint density at radius 1 is 0.580 bits per heavy atom. The second-order valence-corrected chi connectivity index (χ2v) is 17.3. The molecule has 69 heavy (non-hydrogen) atoms. The highest BCUT2D eigenvalue weighted by Gasteiger charge is 2.27. The third kappa shape index (κ3) is 10.8. The van der Waals surface area contributed by atoms with Gasteiger partial charge in [0.25, 0.3) is 11.8 Å². The monoisotopic (exact) mass is 915 g/mol. The van der Waals surface area contributed by atoms with Gasteiger partial charge >= 0.3 is 0 Å². The maximum absolute atomic E-state index is 13.6. The molecule has 0 saturated carbocycles. The summed E-state index contributed by atoms with van der Waals surface area (Å²) in [6.45, 7) is 11.4. The number of carbonyl (C=O) groups is 2. The van der Waals surface area contributed by atoms with Crippen molar-refractivity contribution in [3.63, 3.8) is 0 Å².